The Kier molecular flexibility index (Phi) is 3.19. The van der Waals surface area contributed by atoms with E-state index in [0.29, 0.717) is 13.2 Å². The van der Waals surface area contributed by atoms with Crippen LogP contribution >= 0.6 is 11.3 Å². The molecule has 20 heavy (non-hydrogen) atoms. The van der Waals surface area contributed by atoms with Crippen molar-refractivity contribution in [3.8, 4) is 0 Å². The van der Waals surface area contributed by atoms with Crippen molar-refractivity contribution < 1.29 is 9.53 Å². The molecule has 5 heteroatoms. The Hall–Kier alpha value is -0.910. The highest BCUT2D eigenvalue weighted by molar-refractivity contribution is 7.08. The van der Waals surface area contributed by atoms with Crippen LogP contribution in [0, 0.1) is 18.3 Å². The summed E-state index contributed by atoms with van der Waals surface area (Å²) in [5, 5.41) is 7.19. The number of carbonyl (C=O) groups is 1. The Labute approximate surface area is 123 Å². The largest absolute Gasteiger partial charge is 0.377 e. The van der Waals surface area contributed by atoms with Gasteiger partial charge in [-0.1, -0.05) is 13.8 Å². The number of thiophene rings is 1. The molecule has 2 heterocycles. The summed E-state index contributed by atoms with van der Waals surface area (Å²) in [7, 11) is 0. The van der Waals surface area contributed by atoms with Crippen LogP contribution in [0.15, 0.2) is 10.8 Å². The van der Waals surface area contributed by atoms with Crippen LogP contribution in [0.3, 0.4) is 0 Å². The number of fused-ring (bicyclic) bond motifs is 1. The van der Waals surface area contributed by atoms with Gasteiger partial charge in [-0.3, -0.25) is 4.79 Å². The minimum absolute atomic E-state index is 0.0418. The van der Waals surface area contributed by atoms with Crippen LogP contribution in [-0.2, 0) is 16.1 Å². The van der Waals surface area contributed by atoms with E-state index in [1.807, 2.05) is 13.8 Å². The summed E-state index contributed by atoms with van der Waals surface area (Å²) in [6.07, 6.45) is 1.01. The Morgan fingerprint density at radius 1 is 1.55 bits per heavy atom. The maximum absolute atomic E-state index is 12.6. The highest BCUT2D eigenvalue weighted by atomic mass is 32.1. The zero-order valence-electron chi connectivity index (χ0n) is 12.2. The summed E-state index contributed by atoms with van der Waals surface area (Å²) >= 11 is 1.66. The number of carbonyl (C=O) groups excluding carboxylic acids is 1. The number of nitrogens with one attached hydrogen (secondary N) is 1. The number of aryl methyl sites for hydroxylation is 1. The lowest BCUT2D eigenvalue weighted by atomic mass is 9.48. The molecule has 0 radical (unpaired) electrons. The minimum Gasteiger partial charge on any atom is -0.377 e. The number of nitrogens with two attached hydrogens (primary N) is 1. The second-order valence-corrected chi connectivity index (χ2v) is 7.28. The van der Waals surface area contributed by atoms with E-state index in [2.05, 4.69) is 23.0 Å². The summed E-state index contributed by atoms with van der Waals surface area (Å²) < 4.78 is 5.72. The van der Waals surface area contributed by atoms with Crippen molar-refractivity contribution >= 4 is 17.2 Å². The first kappa shape index (κ1) is 14.0. The molecule has 1 aliphatic heterocycles. The van der Waals surface area contributed by atoms with Crippen molar-refractivity contribution in [2.45, 2.75) is 45.4 Å². The molecule has 1 saturated carbocycles. The van der Waals surface area contributed by atoms with Gasteiger partial charge in [0.1, 0.15) is 5.54 Å². The van der Waals surface area contributed by atoms with Crippen molar-refractivity contribution in [3.63, 3.8) is 0 Å². The molecule has 0 bridgehead atoms. The number of hydrogen-bond acceptors (Lipinski definition) is 4. The van der Waals surface area contributed by atoms with E-state index in [9.17, 15) is 4.79 Å². The molecule has 3 rings (SSSR count). The second-order valence-electron chi connectivity index (χ2n) is 6.54. The average Bonchev–Trinajstić information content (AvgIpc) is 3.03. The SMILES string of the molecule is Cc1cscc1CNC(=O)C1(N)C2CCOC2C1(C)C. The van der Waals surface area contributed by atoms with Crippen LogP contribution in [0.5, 0.6) is 0 Å². The lowest BCUT2D eigenvalue weighted by Gasteiger charge is -2.60. The van der Waals surface area contributed by atoms with E-state index in [1.165, 1.54) is 11.1 Å². The van der Waals surface area contributed by atoms with Gasteiger partial charge in [0.15, 0.2) is 0 Å². The van der Waals surface area contributed by atoms with E-state index in [0.717, 1.165) is 6.42 Å². The van der Waals surface area contributed by atoms with Crippen LogP contribution < -0.4 is 11.1 Å². The Balaban J connectivity index is 1.72. The minimum atomic E-state index is -0.807. The number of ether oxygens (including phenoxy) is 1. The number of amides is 1. The van der Waals surface area contributed by atoms with Gasteiger partial charge in [-0.2, -0.15) is 11.3 Å². The van der Waals surface area contributed by atoms with Crippen LogP contribution in [0.2, 0.25) is 0 Å². The van der Waals surface area contributed by atoms with Crippen LogP contribution in [0.4, 0.5) is 0 Å². The lowest BCUT2D eigenvalue weighted by Crippen LogP contribution is -2.80. The first-order chi connectivity index (χ1) is 9.39. The Morgan fingerprint density at radius 2 is 2.30 bits per heavy atom. The fourth-order valence-corrected chi connectivity index (χ4v) is 4.59. The molecule has 1 aromatic rings. The van der Waals surface area contributed by atoms with Crippen LogP contribution in [-0.4, -0.2) is 24.2 Å². The van der Waals surface area contributed by atoms with Gasteiger partial charge in [0.2, 0.25) is 5.91 Å². The fourth-order valence-electron chi connectivity index (χ4n) is 3.73. The molecule has 2 fully saturated rings. The first-order valence-corrected chi connectivity index (χ1v) is 8.03. The highest BCUT2D eigenvalue weighted by Crippen LogP contribution is 2.58. The molecule has 3 N–H and O–H groups in total. The molecule has 0 spiro atoms. The van der Waals surface area contributed by atoms with Crippen LogP contribution in [0.25, 0.3) is 0 Å². The van der Waals surface area contributed by atoms with Gasteiger partial charge in [0.25, 0.3) is 0 Å². The van der Waals surface area contributed by atoms with Crippen molar-refractivity contribution in [3.05, 3.63) is 21.9 Å². The molecular weight excluding hydrogens is 272 g/mol. The maximum atomic E-state index is 12.6. The van der Waals surface area contributed by atoms with E-state index in [-0.39, 0.29) is 23.3 Å². The Bertz CT molecular complexity index is 540. The van der Waals surface area contributed by atoms with E-state index < -0.39 is 5.54 Å². The molecule has 1 amide bonds. The van der Waals surface area contributed by atoms with Gasteiger partial charge in [0, 0.05) is 24.5 Å². The van der Waals surface area contributed by atoms with Crippen molar-refractivity contribution in [1.82, 2.24) is 5.32 Å². The van der Waals surface area contributed by atoms with Gasteiger partial charge in [-0.25, -0.2) is 0 Å². The summed E-state index contributed by atoms with van der Waals surface area (Å²) in [5.74, 6) is 0.112. The molecule has 110 valence electrons. The lowest BCUT2D eigenvalue weighted by molar-refractivity contribution is -0.175. The summed E-state index contributed by atoms with van der Waals surface area (Å²) in [4.78, 5) is 12.6. The monoisotopic (exact) mass is 294 g/mol. The van der Waals surface area contributed by atoms with E-state index in [1.54, 1.807) is 11.3 Å². The topological polar surface area (TPSA) is 64.4 Å². The molecule has 4 nitrogen and oxygen atoms in total. The van der Waals surface area contributed by atoms with E-state index >= 15 is 0 Å². The van der Waals surface area contributed by atoms with Crippen LogP contribution in [0.1, 0.15) is 31.4 Å². The summed E-state index contributed by atoms with van der Waals surface area (Å²) in [6.45, 7) is 7.41. The molecule has 1 aromatic heterocycles. The third-order valence-electron chi connectivity index (χ3n) is 5.23. The highest BCUT2D eigenvalue weighted by Gasteiger charge is 2.71. The quantitative estimate of drug-likeness (QED) is 0.893. The molecule has 0 aromatic carbocycles. The third-order valence-corrected chi connectivity index (χ3v) is 6.14. The Morgan fingerprint density at radius 3 is 2.95 bits per heavy atom. The second kappa shape index (κ2) is 4.55. The van der Waals surface area contributed by atoms with Gasteiger partial charge in [0.05, 0.1) is 6.10 Å². The number of rotatable bonds is 3. The zero-order valence-corrected chi connectivity index (χ0v) is 13.0. The normalized spacial score (nSPS) is 34.4. The average molecular weight is 294 g/mol. The molecule has 3 atom stereocenters. The van der Waals surface area contributed by atoms with Gasteiger partial charge < -0.3 is 15.8 Å². The molecule has 2 aliphatic rings. The molecular formula is C15H22N2O2S. The van der Waals surface area contributed by atoms with Gasteiger partial charge in [-0.05, 0) is 35.2 Å². The third kappa shape index (κ3) is 1.70. The maximum Gasteiger partial charge on any atom is 0.241 e. The number of hydrogen-bond donors (Lipinski definition) is 2. The van der Waals surface area contributed by atoms with Crippen molar-refractivity contribution in [2.24, 2.45) is 17.1 Å². The summed E-state index contributed by atoms with van der Waals surface area (Å²) in [6, 6.07) is 0. The van der Waals surface area contributed by atoms with E-state index in [4.69, 9.17) is 10.5 Å². The van der Waals surface area contributed by atoms with Crippen molar-refractivity contribution in [2.75, 3.05) is 6.61 Å². The summed E-state index contributed by atoms with van der Waals surface area (Å²) in [5.41, 5.74) is 7.77. The first-order valence-electron chi connectivity index (χ1n) is 7.09. The fraction of sp³-hybridized carbons (Fsp3) is 0.667. The standard InChI is InChI=1S/C15H22N2O2S/c1-9-7-20-8-10(9)6-17-13(18)15(16)11-4-5-19-12(11)14(15,2)3/h7-8,11-12H,4-6,16H2,1-3H3,(H,17,18). The van der Waals surface area contributed by atoms with Gasteiger partial charge in [-0.15, -0.1) is 0 Å². The smallest absolute Gasteiger partial charge is 0.241 e. The molecule has 3 unspecified atom stereocenters. The predicted octanol–water partition coefficient (Wildman–Crippen LogP) is 1.82. The zero-order chi connectivity index (χ0) is 14.5. The molecule has 1 aliphatic carbocycles. The van der Waals surface area contributed by atoms with Gasteiger partial charge >= 0.3 is 0 Å². The predicted molar refractivity (Wildman–Crippen MR) is 79.4 cm³/mol. The molecule has 1 saturated heterocycles. The van der Waals surface area contributed by atoms with Crippen molar-refractivity contribution in [1.29, 1.82) is 0 Å².